The van der Waals surface area contributed by atoms with Crippen molar-refractivity contribution < 1.29 is 14.3 Å². The number of benzene rings is 1. The van der Waals surface area contributed by atoms with Crippen molar-refractivity contribution in [3.8, 4) is 0 Å². The van der Waals surface area contributed by atoms with Crippen molar-refractivity contribution in [3.05, 3.63) is 41.0 Å². The molecular weight excluding hydrogens is 316 g/mol. The molecule has 0 unspecified atom stereocenters. The molecule has 0 bridgehead atoms. The van der Waals surface area contributed by atoms with E-state index in [1.807, 2.05) is 20.8 Å². The van der Waals surface area contributed by atoms with Crippen LogP contribution in [0.25, 0.3) is 10.9 Å². The SMILES string of the molecule is CCC(C)(C)NC(=O)COC(=O)c1cc(Cl)nc2ccccc12. The Bertz CT molecular complexity index is 744. The van der Waals surface area contributed by atoms with Crippen molar-refractivity contribution in [2.24, 2.45) is 0 Å². The highest BCUT2D eigenvalue weighted by Crippen LogP contribution is 2.21. The number of ether oxygens (including phenoxy) is 1. The molecule has 6 heteroatoms. The summed E-state index contributed by atoms with van der Waals surface area (Å²) in [5.41, 5.74) is 0.558. The van der Waals surface area contributed by atoms with Crippen molar-refractivity contribution in [3.63, 3.8) is 0 Å². The number of carbonyl (C=O) groups excluding carboxylic acids is 2. The topological polar surface area (TPSA) is 68.3 Å². The number of amides is 1. The maximum absolute atomic E-state index is 12.3. The molecule has 1 heterocycles. The third-order valence-corrected chi connectivity index (χ3v) is 3.79. The first-order valence-electron chi connectivity index (χ1n) is 7.36. The maximum atomic E-state index is 12.3. The summed E-state index contributed by atoms with van der Waals surface area (Å²) in [4.78, 5) is 28.3. The number of halogens is 1. The second-order valence-electron chi connectivity index (χ2n) is 5.87. The molecule has 1 N–H and O–H groups in total. The van der Waals surface area contributed by atoms with E-state index in [0.29, 0.717) is 16.5 Å². The van der Waals surface area contributed by atoms with E-state index in [0.717, 1.165) is 6.42 Å². The number of pyridine rings is 1. The fourth-order valence-electron chi connectivity index (χ4n) is 2.02. The summed E-state index contributed by atoms with van der Waals surface area (Å²) in [6, 6.07) is 8.57. The molecule has 5 nitrogen and oxygen atoms in total. The molecule has 0 aliphatic carbocycles. The number of nitrogens with one attached hydrogen (secondary N) is 1. The van der Waals surface area contributed by atoms with Gasteiger partial charge in [-0.15, -0.1) is 0 Å². The lowest BCUT2D eigenvalue weighted by Crippen LogP contribution is -2.44. The van der Waals surface area contributed by atoms with Gasteiger partial charge in [0.15, 0.2) is 6.61 Å². The van der Waals surface area contributed by atoms with Gasteiger partial charge in [0.2, 0.25) is 0 Å². The Morgan fingerprint density at radius 3 is 2.70 bits per heavy atom. The zero-order valence-electron chi connectivity index (χ0n) is 13.4. The molecule has 122 valence electrons. The Labute approximate surface area is 140 Å². The lowest BCUT2D eigenvalue weighted by molar-refractivity contribution is -0.125. The second-order valence-corrected chi connectivity index (χ2v) is 6.26. The third-order valence-electron chi connectivity index (χ3n) is 3.60. The molecule has 2 rings (SSSR count). The smallest absolute Gasteiger partial charge is 0.339 e. The highest BCUT2D eigenvalue weighted by atomic mass is 35.5. The number of aromatic nitrogens is 1. The molecule has 0 aliphatic rings. The fourth-order valence-corrected chi connectivity index (χ4v) is 2.22. The van der Waals surface area contributed by atoms with E-state index >= 15 is 0 Å². The van der Waals surface area contributed by atoms with Crippen molar-refractivity contribution in [2.75, 3.05) is 6.61 Å². The molecule has 23 heavy (non-hydrogen) atoms. The van der Waals surface area contributed by atoms with Gasteiger partial charge >= 0.3 is 5.97 Å². The summed E-state index contributed by atoms with van der Waals surface area (Å²) in [7, 11) is 0. The van der Waals surface area contributed by atoms with Crippen LogP contribution in [-0.4, -0.2) is 29.0 Å². The van der Waals surface area contributed by atoms with E-state index in [4.69, 9.17) is 16.3 Å². The number of para-hydroxylation sites is 1. The van der Waals surface area contributed by atoms with E-state index in [9.17, 15) is 9.59 Å². The van der Waals surface area contributed by atoms with Crippen LogP contribution in [0.1, 0.15) is 37.6 Å². The van der Waals surface area contributed by atoms with Crippen molar-refractivity contribution in [1.82, 2.24) is 10.3 Å². The molecule has 2 aromatic rings. The van der Waals surface area contributed by atoms with Gasteiger partial charge in [0.1, 0.15) is 5.15 Å². The van der Waals surface area contributed by atoms with Crippen LogP contribution in [0.15, 0.2) is 30.3 Å². The first-order chi connectivity index (χ1) is 10.8. The Hall–Kier alpha value is -2.14. The quantitative estimate of drug-likeness (QED) is 0.672. The predicted molar refractivity (Wildman–Crippen MR) is 89.5 cm³/mol. The summed E-state index contributed by atoms with van der Waals surface area (Å²) in [6.45, 7) is 5.44. The molecule has 0 saturated carbocycles. The van der Waals surface area contributed by atoms with Gasteiger partial charge in [-0.1, -0.05) is 36.7 Å². The first kappa shape index (κ1) is 17.2. The molecule has 0 aliphatic heterocycles. The lowest BCUT2D eigenvalue weighted by Gasteiger charge is -2.24. The average Bonchev–Trinajstić information content (AvgIpc) is 2.51. The van der Waals surface area contributed by atoms with Crippen molar-refractivity contribution in [2.45, 2.75) is 32.7 Å². The lowest BCUT2D eigenvalue weighted by atomic mass is 10.0. The molecule has 0 fully saturated rings. The number of esters is 1. The molecule has 1 aromatic heterocycles. The molecular formula is C17H19ClN2O3. The largest absolute Gasteiger partial charge is 0.452 e. The number of carbonyl (C=O) groups is 2. The molecule has 0 atom stereocenters. The van der Waals surface area contributed by atoms with Crippen LogP contribution in [-0.2, 0) is 9.53 Å². The van der Waals surface area contributed by atoms with Crippen LogP contribution in [0.4, 0.5) is 0 Å². The Kier molecular flexibility index (Phi) is 5.21. The summed E-state index contributed by atoms with van der Waals surface area (Å²) >= 11 is 5.94. The van der Waals surface area contributed by atoms with Gasteiger partial charge in [-0.25, -0.2) is 9.78 Å². The molecule has 1 aromatic carbocycles. The van der Waals surface area contributed by atoms with E-state index in [1.165, 1.54) is 6.07 Å². The number of hydrogen-bond acceptors (Lipinski definition) is 4. The van der Waals surface area contributed by atoms with Gasteiger partial charge in [0.05, 0.1) is 11.1 Å². The molecule has 0 spiro atoms. The molecule has 0 saturated heterocycles. The summed E-state index contributed by atoms with van der Waals surface area (Å²) < 4.78 is 5.11. The first-order valence-corrected chi connectivity index (χ1v) is 7.73. The van der Waals surface area contributed by atoms with E-state index in [2.05, 4.69) is 10.3 Å². The van der Waals surface area contributed by atoms with Crippen LogP contribution in [0.2, 0.25) is 5.15 Å². The van der Waals surface area contributed by atoms with Crippen LogP contribution in [0.5, 0.6) is 0 Å². The van der Waals surface area contributed by atoms with Crippen molar-refractivity contribution >= 4 is 34.4 Å². The van der Waals surface area contributed by atoms with Crippen LogP contribution in [0, 0.1) is 0 Å². The van der Waals surface area contributed by atoms with Gasteiger partial charge in [-0.05, 0) is 32.4 Å². The summed E-state index contributed by atoms with van der Waals surface area (Å²) in [5.74, 6) is -0.940. The normalized spacial score (nSPS) is 11.3. The minimum absolute atomic E-state index is 0.201. The third kappa shape index (κ3) is 4.42. The average molecular weight is 335 g/mol. The standard InChI is InChI=1S/C17H19ClN2O3/c1-4-17(2,3)20-15(21)10-23-16(22)12-9-14(18)19-13-8-6-5-7-11(12)13/h5-9H,4,10H2,1-3H3,(H,20,21). The van der Waals surface area contributed by atoms with Gasteiger partial charge in [0.25, 0.3) is 5.91 Å². The highest BCUT2D eigenvalue weighted by molar-refractivity contribution is 6.30. The fraction of sp³-hybridized carbons (Fsp3) is 0.353. The van der Waals surface area contributed by atoms with Gasteiger partial charge in [-0.2, -0.15) is 0 Å². The zero-order chi connectivity index (χ0) is 17.0. The Balaban J connectivity index is 2.11. The van der Waals surface area contributed by atoms with E-state index < -0.39 is 5.97 Å². The second kappa shape index (κ2) is 6.96. The maximum Gasteiger partial charge on any atom is 0.339 e. The van der Waals surface area contributed by atoms with Crippen LogP contribution >= 0.6 is 11.6 Å². The minimum Gasteiger partial charge on any atom is -0.452 e. The Morgan fingerprint density at radius 1 is 1.30 bits per heavy atom. The number of hydrogen-bond donors (Lipinski definition) is 1. The van der Waals surface area contributed by atoms with Crippen molar-refractivity contribution in [1.29, 1.82) is 0 Å². The van der Waals surface area contributed by atoms with E-state index in [-0.39, 0.29) is 23.2 Å². The highest BCUT2D eigenvalue weighted by Gasteiger charge is 2.20. The Morgan fingerprint density at radius 2 is 2.00 bits per heavy atom. The predicted octanol–water partition coefficient (Wildman–Crippen LogP) is 3.35. The van der Waals surface area contributed by atoms with Gasteiger partial charge in [0, 0.05) is 10.9 Å². The minimum atomic E-state index is -0.602. The summed E-state index contributed by atoms with van der Waals surface area (Å²) in [5, 5.41) is 3.64. The zero-order valence-corrected chi connectivity index (χ0v) is 14.1. The van der Waals surface area contributed by atoms with Gasteiger partial charge in [-0.3, -0.25) is 4.79 Å². The molecule has 0 radical (unpaired) electrons. The van der Waals surface area contributed by atoms with E-state index in [1.54, 1.807) is 24.3 Å². The number of rotatable bonds is 5. The van der Waals surface area contributed by atoms with Crippen LogP contribution in [0.3, 0.4) is 0 Å². The summed E-state index contributed by atoms with van der Waals surface area (Å²) in [6.07, 6.45) is 0.775. The number of nitrogens with zero attached hydrogens (tertiary/aromatic N) is 1. The molecule has 1 amide bonds. The number of fused-ring (bicyclic) bond motifs is 1. The monoisotopic (exact) mass is 334 g/mol. The van der Waals surface area contributed by atoms with Gasteiger partial charge < -0.3 is 10.1 Å². The van der Waals surface area contributed by atoms with Crippen LogP contribution < -0.4 is 5.32 Å².